The van der Waals surface area contributed by atoms with Crippen molar-refractivity contribution in [1.29, 1.82) is 0 Å². The van der Waals surface area contributed by atoms with Crippen LogP contribution in [0.15, 0.2) is 0 Å². The van der Waals surface area contributed by atoms with Gasteiger partial charge in [0.2, 0.25) is 0 Å². The predicted molar refractivity (Wildman–Crippen MR) is 68.7 cm³/mol. The van der Waals surface area contributed by atoms with Gasteiger partial charge in [-0.3, -0.25) is 0 Å². The van der Waals surface area contributed by atoms with Crippen molar-refractivity contribution >= 4 is 0 Å². The Hall–Kier alpha value is 0. The van der Waals surface area contributed by atoms with Crippen LogP contribution in [0.2, 0.25) is 0 Å². The van der Waals surface area contributed by atoms with Crippen molar-refractivity contribution < 1.29 is 0 Å². The summed E-state index contributed by atoms with van der Waals surface area (Å²) in [5.41, 5.74) is 0.626. The number of hydrogen-bond acceptors (Lipinski definition) is 0. The third-order valence-electron chi connectivity index (χ3n) is 3.62. The van der Waals surface area contributed by atoms with Gasteiger partial charge in [-0.15, -0.1) is 0 Å². The first-order valence-corrected chi connectivity index (χ1v) is 6.58. The fraction of sp³-hybridized carbons (Fsp3) is 1.00. The first kappa shape index (κ1) is 16.4. The van der Waals surface area contributed by atoms with E-state index in [1.165, 1.54) is 19.3 Å². The Kier molecular flexibility index (Phi) is 9.76. The fourth-order valence-corrected chi connectivity index (χ4v) is 2.23. The van der Waals surface area contributed by atoms with Crippen molar-refractivity contribution in [2.24, 2.45) is 17.3 Å². The topological polar surface area (TPSA) is 0 Å². The third-order valence-corrected chi connectivity index (χ3v) is 3.62. The number of hydrogen-bond donors (Lipinski definition) is 0. The van der Waals surface area contributed by atoms with Gasteiger partial charge >= 0.3 is 0 Å². The standard InChI is InChI=1S/C10H20.2C2H6/c1-5-9-6-7-10(3,4)8(9)2;2*1-2/h8-9H,5-7H2,1-4H3;2*1-2H3/t8-,9-;;/m0../s1. The predicted octanol–water partition coefficient (Wildman–Crippen LogP) is 5.52. The maximum atomic E-state index is 2.42. The molecule has 1 aliphatic carbocycles. The lowest BCUT2D eigenvalue weighted by molar-refractivity contribution is 0.236. The smallest absolute Gasteiger partial charge is 0.0326 e. The highest BCUT2D eigenvalue weighted by Gasteiger charge is 2.37. The lowest BCUT2D eigenvalue weighted by Gasteiger charge is -2.26. The summed E-state index contributed by atoms with van der Waals surface area (Å²) < 4.78 is 0. The Labute approximate surface area is 92.5 Å². The summed E-state index contributed by atoms with van der Waals surface area (Å²) in [5.74, 6) is 1.95. The molecule has 0 nitrogen and oxygen atoms in total. The molecular formula is C14H32. The molecule has 88 valence electrons. The summed E-state index contributed by atoms with van der Waals surface area (Å²) in [6.45, 7) is 17.6. The van der Waals surface area contributed by atoms with Crippen molar-refractivity contribution in [2.45, 2.75) is 74.7 Å². The second-order valence-corrected chi connectivity index (χ2v) is 4.48. The molecule has 1 aliphatic rings. The highest BCUT2D eigenvalue weighted by atomic mass is 14.4. The largest absolute Gasteiger partial charge is 0.0683 e. The van der Waals surface area contributed by atoms with Crippen LogP contribution in [0.25, 0.3) is 0 Å². The van der Waals surface area contributed by atoms with E-state index in [4.69, 9.17) is 0 Å². The molecule has 0 heterocycles. The molecule has 0 radical (unpaired) electrons. The maximum Gasteiger partial charge on any atom is -0.0326 e. The monoisotopic (exact) mass is 200 g/mol. The molecule has 0 aromatic carbocycles. The van der Waals surface area contributed by atoms with Crippen LogP contribution in [0.4, 0.5) is 0 Å². The van der Waals surface area contributed by atoms with Gasteiger partial charge in [-0.05, 0) is 30.1 Å². The van der Waals surface area contributed by atoms with E-state index in [0.29, 0.717) is 5.41 Å². The Bertz CT molecular complexity index is 113. The quantitative estimate of drug-likeness (QED) is 0.523. The molecule has 1 fully saturated rings. The summed E-state index contributed by atoms with van der Waals surface area (Å²) in [7, 11) is 0. The minimum atomic E-state index is 0.626. The minimum Gasteiger partial charge on any atom is -0.0683 e. The molecule has 1 rings (SSSR count). The molecule has 0 bridgehead atoms. The fourth-order valence-electron chi connectivity index (χ4n) is 2.23. The van der Waals surface area contributed by atoms with E-state index in [1.54, 1.807) is 0 Å². The molecule has 0 heteroatoms. The first-order chi connectivity index (χ1) is 6.58. The summed E-state index contributed by atoms with van der Waals surface area (Å²) in [6, 6.07) is 0. The highest BCUT2D eigenvalue weighted by Crippen LogP contribution is 2.47. The summed E-state index contributed by atoms with van der Waals surface area (Å²) in [6.07, 6.45) is 4.28. The van der Waals surface area contributed by atoms with Gasteiger partial charge in [-0.25, -0.2) is 0 Å². The van der Waals surface area contributed by atoms with Gasteiger partial charge in [0.25, 0.3) is 0 Å². The number of rotatable bonds is 1. The minimum absolute atomic E-state index is 0.626. The van der Waals surface area contributed by atoms with Gasteiger partial charge < -0.3 is 0 Å². The van der Waals surface area contributed by atoms with E-state index in [9.17, 15) is 0 Å². The summed E-state index contributed by atoms with van der Waals surface area (Å²) >= 11 is 0. The molecule has 1 saturated carbocycles. The highest BCUT2D eigenvalue weighted by molar-refractivity contribution is 4.87. The van der Waals surface area contributed by atoms with E-state index in [1.807, 2.05) is 27.7 Å². The van der Waals surface area contributed by atoms with E-state index < -0.39 is 0 Å². The van der Waals surface area contributed by atoms with Crippen LogP contribution >= 0.6 is 0 Å². The molecule has 2 atom stereocenters. The molecule has 14 heavy (non-hydrogen) atoms. The molecule has 0 aromatic heterocycles. The van der Waals surface area contributed by atoms with E-state index in [0.717, 1.165) is 11.8 Å². The molecule has 0 spiro atoms. The van der Waals surface area contributed by atoms with Crippen LogP contribution in [0.1, 0.15) is 74.7 Å². The SMILES string of the molecule is CC.CC.CC[C@H]1CCC(C)(C)[C@H]1C. The van der Waals surface area contributed by atoms with Crippen molar-refractivity contribution in [3.05, 3.63) is 0 Å². The molecule has 0 N–H and O–H groups in total. The van der Waals surface area contributed by atoms with Crippen LogP contribution in [0.3, 0.4) is 0 Å². The average molecular weight is 200 g/mol. The van der Waals surface area contributed by atoms with Gasteiger partial charge in [0.15, 0.2) is 0 Å². The van der Waals surface area contributed by atoms with E-state index in [2.05, 4.69) is 27.7 Å². The van der Waals surface area contributed by atoms with Crippen LogP contribution in [0, 0.1) is 17.3 Å². The second-order valence-electron chi connectivity index (χ2n) is 4.48. The molecular weight excluding hydrogens is 168 g/mol. The molecule has 0 aromatic rings. The lowest BCUT2D eigenvalue weighted by Crippen LogP contribution is -2.18. The molecule has 0 saturated heterocycles. The van der Waals surface area contributed by atoms with Gasteiger partial charge in [0.05, 0.1) is 0 Å². The van der Waals surface area contributed by atoms with Gasteiger partial charge in [0.1, 0.15) is 0 Å². The van der Waals surface area contributed by atoms with Gasteiger partial charge in [-0.1, -0.05) is 61.8 Å². The Morgan fingerprint density at radius 3 is 1.64 bits per heavy atom. The van der Waals surface area contributed by atoms with Crippen LogP contribution in [0.5, 0.6) is 0 Å². The molecule has 0 amide bonds. The van der Waals surface area contributed by atoms with Gasteiger partial charge in [-0.2, -0.15) is 0 Å². The normalized spacial score (nSPS) is 28.3. The zero-order chi connectivity index (χ0) is 11.8. The Balaban J connectivity index is 0. The second kappa shape index (κ2) is 8.32. The summed E-state index contributed by atoms with van der Waals surface area (Å²) in [4.78, 5) is 0. The van der Waals surface area contributed by atoms with Gasteiger partial charge in [0, 0.05) is 0 Å². The average Bonchev–Trinajstić information content (AvgIpc) is 2.49. The first-order valence-electron chi connectivity index (χ1n) is 6.58. The van der Waals surface area contributed by atoms with Crippen LogP contribution < -0.4 is 0 Å². The van der Waals surface area contributed by atoms with E-state index >= 15 is 0 Å². The zero-order valence-corrected chi connectivity index (χ0v) is 11.8. The van der Waals surface area contributed by atoms with E-state index in [-0.39, 0.29) is 0 Å². The Morgan fingerprint density at radius 2 is 1.50 bits per heavy atom. The van der Waals surface area contributed by atoms with Crippen molar-refractivity contribution in [1.82, 2.24) is 0 Å². The third kappa shape index (κ3) is 4.48. The van der Waals surface area contributed by atoms with Crippen LogP contribution in [-0.2, 0) is 0 Å². The van der Waals surface area contributed by atoms with Crippen LogP contribution in [-0.4, -0.2) is 0 Å². The van der Waals surface area contributed by atoms with Crippen molar-refractivity contribution in [2.75, 3.05) is 0 Å². The molecule has 0 unspecified atom stereocenters. The van der Waals surface area contributed by atoms with Crippen molar-refractivity contribution in [3.8, 4) is 0 Å². The Morgan fingerprint density at radius 1 is 1.07 bits per heavy atom. The zero-order valence-electron chi connectivity index (χ0n) is 11.8. The van der Waals surface area contributed by atoms with Crippen molar-refractivity contribution in [3.63, 3.8) is 0 Å². The maximum absolute atomic E-state index is 2.42. The lowest BCUT2D eigenvalue weighted by atomic mass is 9.79. The molecule has 0 aliphatic heterocycles. The summed E-state index contributed by atoms with van der Waals surface area (Å²) in [5, 5.41) is 0.